The quantitative estimate of drug-likeness (QED) is 0.792. The van der Waals surface area contributed by atoms with Crippen LogP contribution in [-0.4, -0.2) is 20.1 Å². The molecule has 0 saturated heterocycles. The van der Waals surface area contributed by atoms with E-state index in [1.54, 1.807) is 20.3 Å². The number of primary amides is 1. The highest BCUT2D eigenvalue weighted by molar-refractivity contribution is 5.92. The lowest BCUT2D eigenvalue weighted by Crippen LogP contribution is -2.17. The molecule has 1 aromatic carbocycles. The Balaban J connectivity index is 3.07. The Morgan fingerprint density at radius 1 is 1.29 bits per heavy atom. The maximum atomic E-state index is 11.1. The maximum Gasteiger partial charge on any atom is 0.244 e. The van der Waals surface area contributed by atoms with E-state index in [-0.39, 0.29) is 5.92 Å². The molecule has 1 aromatic rings. The summed E-state index contributed by atoms with van der Waals surface area (Å²) >= 11 is 0. The molecule has 92 valence electrons. The number of carbonyl (C=O) groups excluding carboxylic acids is 1. The van der Waals surface area contributed by atoms with E-state index in [1.807, 2.05) is 19.1 Å². The van der Waals surface area contributed by atoms with Crippen LogP contribution in [0, 0.1) is 0 Å². The number of ether oxygens (including phenoxy) is 2. The number of hydrogen-bond donors (Lipinski definition) is 1. The molecule has 1 atom stereocenters. The van der Waals surface area contributed by atoms with Gasteiger partial charge in [0.2, 0.25) is 5.91 Å². The van der Waals surface area contributed by atoms with Crippen LogP contribution in [-0.2, 0) is 4.79 Å². The fraction of sp³-hybridized carbons (Fsp3) is 0.308. The molecule has 0 aliphatic rings. The Morgan fingerprint density at radius 3 is 2.35 bits per heavy atom. The number of hydrogen-bond acceptors (Lipinski definition) is 3. The van der Waals surface area contributed by atoms with Crippen LogP contribution in [0.3, 0.4) is 0 Å². The monoisotopic (exact) mass is 235 g/mol. The first kappa shape index (κ1) is 13.1. The van der Waals surface area contributed by atoms with Gasteiger partial charge < -0.3 is 15.2 Å². The summed E-state index contributed by atoms with van der Waals surface area (Å²) in [5, 5.41) is 0. The molecular weight excluding hydrogens is 218 g/mol. The largest absolute Gasteiger partial charge is 0.493 e. The standard InChI is InChI=1S/C13H17NO3/c1-8(9(2)13(14)15)10-5-6-11(16-3)12(7-10)17-4/h5-8H,2H2,1,3-4H3,(H2,14,15)/t8-/m0/s1. The lowest BCUT2D eigenvalue weighted by molar-refractivity contribution is -0.114. The minimum Gasteiger partial charge on any atom is -0.493 e. The maximum absolute atomic E-state index is 11.1. The second kappa shape index (κ2) is 5.39. The molecule has 0 heterocycles. The minimum atomic E-state index is -0.493. The summed E-state index contributed by atoms with van der Waals surface area (Å²) in [6.07, 6.45) is 0. The first-order chi connectivity index (χ1) is 8.01. The number of rotatable bonds is 5. The van der Waals surface area contributed by atoms with Gasteiger partial charge in [-0.25, -0.2) is 0 Å². The molecule has 0 radical (unpaired) electrons. The van der Waals surface area contributed by atoms with E-state index in [9.17, 15) is 4.79 Å². The average molecular weight is 235 g/mol. The van der Waals surface area contributed by atoms with Crippen molar-refractivity contribution in [3.05, 3.63) is 35.9 Å². The molecule has 1 rings (SSSR count). The van der Waals surface area contributed by atoms with Crippen molar-refractivity contribution >= 4 is 5.91 Å². The van der Waals surface area contributed by atoms with Crippen LogP contribution in [0.2, 0.25) is 0 Å². The van der Waals surface area contributed by atoms with E-state index in [0.29, 0.717) is 17.1 Å². The molecule has 2 N–H and O–H groups in total. The zero-order valence-electron chi connectivity index (χ0n) is 10.3. The van der Waals surface area contributed by atoms with Crippen molar-refractivity contribution in [1.29, 1.82) is 0 Å². The van der Waals surface area contributed by atoms with Crippen LogP contribution in [0.4, 0.5) is 0 Å². The van der Waals surface area contributed by atoms with E-state index in [0.717, 1.165) is 5.56 Å². The van der Waals surface area contributed by atoms with E-state index in [4.69, 9.17) is 15.2 Å². The lowest BCUT2D eigenvalue weighted by Gasteiger charge is -2.15. The predicted octanol–water partition coefficient (Wildman–Crippen LogP) is 1.85. The first-order valence-electron chi connectivity index (χ1n) is 5.21. The third-order valence-corrected chi connectivity index (χ3v) is 2.75. The van der Waals surface area contributed by atoms with Gasteiger partial charge in [0.1, 0.15) is 0 Å². The van der Waals surface area contributed by atoms with Gasteiger partial charge in [-0.3, -0.25) is 4.79 Å². The first-order valence-corrected chi connectivity index (χ1v) is 5.21. The van der Waals surface area contributed by atoms with Crippen LogP contribution >= 0.6 is 0 Å². The Kier molecular flexibility index (Phi) is 4.15. The topological polar surface area (TPSA) is 61.6 Å². The summed E-state index contributed by atoms with van der Waals surface area (Å²) in [6.45, 7) is 5.55. The number of methoxy groups -OCH3 is 2. The van der Waals surface area contributed by atoms with Crippen molar-refractivity contribution in [2.24, 2.45) is 5.73 Å². The summed E-state index contributed by atoms with van der Waals surface area (Å²) in [5.74, 6) is 0.627. The van der Waals surface area contributed by atoms with Gasteiger partial charge in [0, 0.05) is 11.5 Å². The Hall–Kier alpha value is -1.97. The fourth-order valence-electron chi connectivity index (χ4n) is 1.54. The summed E-state index contributed by atoms with van der Waals surface area (Å²) in [5.41, 5.74) is 6.49. The molecule has 17 heavy (non-hydrogen) atoms. The number of nitrogens with two attached hydrogens (primary N) is 1. The van der Waals surface area contributed by atoms with Gasteiger partial charge in [-0.05, 0) is 17.7 Å². The number of benzene rings is 1. The third kappa shape index (κ3) is 2.78. The molecule has 0 saturated carbocycles. The van der Waals surface area contributed by atoms with Crippen LogP contribution in [0.25, 0.3) is 0 Å². The zero-order valence-corrected chi connectivity index (χ0v) is 10.3. The molecule has 0 fully saturated rings. The minimum absolute atomic E-state index is 0.146. The van der Waals surface area contributed by atoms with Crippen molar-refractivity contribution in [1.82, 2.24) is 0 Å². The summed E-state index contributed by atoms with van der Waals surface area (Å²) < 4.78 is 10.3. The highest BCUT2D eigenvalue weighted by Crippen LogP contribution is 2.32. The Labute approximate surface area is 101 Å². The zero-order chi connectivity index (χ0) is 13.0. The average Bonchev–Trinajstić information content (AvgIpc) is 2.35. The highest BCUT2D eigenvalue weighted by atomic mass is 16.5. The summed E-state index contributed by atoms with van der Waals surface area (Å²) in [6, 6.07) is 5.47. The Morgan fingerprint density at radius 2 is 1.88 bits per heavy atom. The highest BCUT2D eigenvalue weighted by Gasteiger charge is 2.16. The predicted molar refractivity (Wildman–Crippen MR) is 66.3 cm³/mol. The van der Waals surface area contributed by atoms with Crippen molar-refractivity contribution in [2.75, 3.05) is 14.2 Å². The van der Waals surface area contributed by atoms with Gasteiger partial charge in [-0.15, -0.1) is 0 Å². The second-order valence-corrected chi connectivity index (χ2v) is 3.73. The van der Waals surface area contributed by atoms with Crippen LogP contribution in [0.1, 0.15) is 18.4 Å². The lowest BCUT2D eigenvalue weighted by atomic mass is 9.93. The van der Waals surface area contributed by atoms with Gasteiger partial charge in [0.05, 0.1) is 14.2 Å². The van der Waals surface area contributed by atoms with E-state index < -0.39 is 5.91 Å². The molecule has 0 spiro atoms. The molecule has 0 aromatic heterocycles. The van der Waals surface area contributed by atoms with Crippen molar-refractivity contribution in [3.8, 4) is 11.5 Å². The van der Waals surface area contributed by atoms with Crippen molar-refractivity contribution in [2.45, 2.75) is 12.8 Å². The van der Waals surface area contributed by atoms with Gasteiger partial charge in [0.15, 0.2) is 11.5 Å². The molecular formula is C13H17NO3. The number of amides is 1. The molecule has 0 unspecified atom stereocenters. The molecule has 0 aliphatic heterocycles. The van der Waals surface area contributed by atoms with Crippen LogP contribution in [0.5, 0.6) is 11.5 Å². The van der Waals surface area contributed by atoms with Gasteiger partial charge in [-0.2, -0.15) is 0 Å². The van der Waals surface area contributed by atoms with E-state index >= 15 is 0 Å². The summed E-state index contributed by atoms with van der Waals surface area (Å²) in [7, 11) is 3.14. The van der Waals surface area contributed by atoms with E-state index in [2.05, 4.69) is 6.58 Å². The van der Waals surface area contributed by atoms with Gasteiger partial charge in [0.25, 0.3) is 0 Å². The molecule has 4 heteroatoms. The van der Waals surface area contributed by atoms with Crippen LogP contribution < -0.4 is 15.2 Å². The van der Waals surface area contributed by atoms with Crippen molar-refractivity contribution < 1.29 is 14.3 Å². The molecule has 0 bridgehead atoms. The smallest absolute Gasteiger partial charge is 0.244 e. The molecule has 1 amide bonds. The third-order valence-electron chi connectivity index (χ3n) is 2.75. The van der Waals surface area contributed by atoms with Gasteiger partial charge in [-0.1, -0.05) is 19.6 Å². The molecule has 4 nitrogen and oxygen atoms in total. The van der Waals surface area contributed by atoms with Crippen LogP contribution in [0.15, 0.2) is 30.4 Å². The SMILES string of the molecule is C=C(C(N)=O)[C@H](C)c1ccc(OC)c(OC)c1. The second-order valence-electron chi connectivity index (χ2n) is 3.73. The van der Waals surface area contributed by atoms with Gasteiger partial charge >= 0.3 is 0 Å². The Bertz CT molecular complexity index is 440. The van der Waals surface area contributed by atoms with Crippen molar-refractivity contribution in [3.63, 3.8) is 0 Å². The normalized spacial score (nSPS) is 11.7. The van der Waals surface area contributed by atoms with E-state index in [1.165, 1.54) is 0 Å². The summed E-state index contributed by atoms with van der Waals surface area (Å²) in [4.78, 5) is 11.1. The number of carbonyl (C=O) groups is 1. The fourth-order valence-corrected chi connectivity index (χ4v) is 1.54. The molecule has 0 aliphatic carbocycles.